The lowest BCUT2D eigenvalue weighted by molar-refractivity contribution is -0.141. The summed E-state index contributed by atoms with van der Waals surface area (Å²) in [6.45, 7) is 14.4. The Balaban J connectivity index is 2.55. The molecule has 0 saturated heterocycles. The van der Waals surface area contributed by atoms with Crippen molar-refractivity contribution in [1.82, 2.24) is 10.2 Å². The van der Waals surface area contributed by atoms with Crippen LogP contribution in [0.4, 0.5) is 10.5 Å². The van der Waals surface area contributed by atoms with E-state index in [9.17, 15) is 19.2 Å². The van der Waals surface area contributed by atoms with Crippen molar-refractivity contribution in [2.24, 2.45) is 5.73 Å². The molecule has 0 aliphatic carbocycles. The van der Waals surface area contributed by atoms with Crippen LogP contribution in [0, 0.1) is 20.8 Å². The van der Waals surface area contributed by atoms with Gasteiger partial charge < -0.3 is 26.0 Å². The second kappa shape index (κ2) is 12.9. The average molecular weight is 523 g/mol. The third-order valence-corrected chi connectivity index (χ3v) is 5.65. The Morgan fingerprint density at radius 2 is 1.66 bits per heavy atom. The maximum atomic E-state index is 13.9. The van der Waals surface area contributed by atoms with Crippen molar-refractivity contribution >= 4 is 29.5 Å². The molecule has 204 valence electrons. The smallest absolute Gasteiger partial charge is 0.408 e. The third-order valence-electron chi connectivity index (χ3n) is 5.65. The van der Waals surface area contributed by atoms with Crippen LogP contribution in [0.1, 0.15) is 55.5 Å². The summed E-state index contributed by atoms with van der Waals surface area (Å²) in [5.74, 6) is -1.94. The molecule has 2 aromatic rings. The summed E-state index contributed by atoms with van der Waals surface area (Å²) in [5.41, 5.74) is 8.38. The second-order valence-electron chi connectivity index (χ2n) is 10.2. The minimum atomic E-state index is -1.36. The van der Waals surface area contributed by atoms with Crippen LogP contribution in [0.2, 0.25) is 0 Å². The van der Waals surface area contributed by atoms with Gasteiger partial charge in [-0.3, -0.25) is 14.4 Å². The Hall–Kier alpha value is -4.14. The maximum Gasteiger partial charge on any atom is 0.408 e. The van der Waals surface area contributed by atoms with Crippen molar-refractivity contribution < 1.29 is 23.9 Å². The number of primary amides is 1. The zero-order valence-electron chi connectivity index (χ0n) is 23.0. The van der Waals surface area contributed by atoms with Gasteiger partial charge in [0.1, 0.15) is 17.7 Å². The summed E-state index contributed by atoms with van der Waals surface area (Å²) < 4.78 is 5.28. The average Bonchev–Trinajstić information content (AvgIpc) is 2.79. The van der Waals surface area contributed by atoms with Gasteiger partial charge in [-0.15, -0.1) is 6.58 Å². The van der Waals surface area contributed by atoms with E-state index in [0.717, 1.165) is 16.7 Å². The lowest BCUT2D eigenvalue weighted by Gasteiger charge is -2.34. The zero-order valence-corrected chi connectivity index (χ0v) is 23.0. The van der Waals surface area contributed by atoms with Gasteiger partial charge in [0.25, 0.3) is 5.91 Å². The monoisotopic (exact) mass is 522 g/mol. The number of benzene rings is 2. The number of nitrogens with two attached hydrogens (primary N) is 1. The molecule has 0 fully saturated rings. The van der Waals surface area contributed by atoms with E-state index in [-0.39, 0.29) is 6.54 Å². The number of alkyl carbamates (subject to hydrolysis) is 1. The minimum absolute atomic E-state index is 0.0388. The fourth-order valence-corrected chi connectivity index (χ4v) is 4.03. The molecule has 2 rings (SSSR count). The number of para-hydroxylation sites is 1. The van der Waals surface area contributed by atoms with E-state index in [2.05, 4.69) is 17.2 Å². The third kappa shape index (κ3) is 8.47. The second-order valence-corrected chi connectivity index (χ2v) is 10.2. The van der Waals surface area contributed by atoms with Gasteiger partial charge in [-0.1, -0.05) is 54.1 Å². The summed E-state index contributed by atoms with van der Waals surface area (Å²) in [7, 11) is 0. The van der Waals surface area contributed by atoms with E-state index in [1.807, 2.05) is 51.1 Å². The van der Waals surface area contributed by atoms with Crippen LogP contribution in [-0.2, 0) is 19.1 Å². The van der Waals surface area contributed by atoms with Crippen LogP contribution < -0.4 is 16.4 Å². The van der Waals surface area contributed by atoms with Crippen molar-refractivity contribution in [1.29, 1.82) is 0 Å². The molecule has 0 saturated carbocycles. The van der Waals surface area contributed by atoms with Gasteiger partial charge in [0.15, 0.2) is 0 Å². The lowest BCUT2D eigenvalue weighted by Crippen LogP contribution is -2.53. The first-order chi connectivity index (χ1) is 17.7. The number of hydrogen-bond donors (Lipinski definition) is 3. The summed E-state index contributed by atoms with van der Waals surface area (Å²) in [5, 5.41) is 5.42. The quantitative estimate of drug-likeness (QED) is 0.405. The first kappa shape index (κ1) is 30.1. The number of nitrogens with zero attached hydrogens (tertiary/aromatic N) is 1. The van der Waals surface area contributed by atoms with Gasteiger partial charge in [-0.2, -0.15) is 0 Å². The number of amides is 4. The summed E-state index contributed by atoms with van der Waals surface area (Å²) in [6, 6.07) is 10.4. The number of carbonyl (C=O) groups excluding carboxylic acids is 4. The number of nitrogens with one attached hydrogen (secondary N) is 2. The molecule has 0 spiro atoms. The molecule has 4 amide bonds. The van der Waals surface area contributed by atoms with E-state index in [1.165, 1.54) is 11.0 Å². The minimum Gasteiger partial charge on any atom is -0.444 e. The molecule has 9 heteroatoms. The van der Waals surface area contributed by atoms with Gasteiger partial charge in [0.05, 0.1) is 6.42 Å². The molecule has 2 unspecified atom stereocenters. The fraction of sp³-hybridized carbons (Fsp3) is 0.379. The van der Waals surface area contributed by atoms with Crippen molar-refractivity contribution in [2.45, 2.75) is 65.6 Å². The molecule has 9 nitrogen and oxygen atoms in total. The van der Waals surface area contributed by atoms with Crippen molar-refractivity contribution in [3.63, 3.8) is 0 Å². The Morgan fingerprint density at radius 1 is 1.05 bits per heavy atom. The summed E-state index contributed by atoms with van der Waals surface area (Å²) in [6.07, 6.45) is 0.106. The number of hydrogen-bond acceptors (Lipinski definition) is 5. The van der Waals surface area contributed by atoms with E-state index in [0.29, 0.717) is 11.3 Å². The molecule has 0 bridgehead atoms. The first-order valence-electron chi connectivity index (χ1n) is 12.4. The van der Waals surface area contributed by atoms with E-state index < -0.39 is 47.9 Å². The first-order valence-corrected chi connectivity index (χ1v) is 12.4. The number of ether oxygens (including phenoxy) is 1. The number of aryl methyl sites for hydroxylation is 3. The van der Waals surface area contributed by atoms with Gasteiger partial charge in [0.2, 0.25) is 11.8 Å². The van der Waals surface area contributed by atoms with E-state index in [4.69, 9.17) is 10.5 Å². The molecule has 2 atom stereocenters. The Morgan fingerprint density at radius 3 is 2.18 bits per heavy atom. The van der Waals surface area contributed by atoms with Crippen LogP contribution in [0.25, 0.3) is 0 Å². The van der Waals surface area contributed by atoms with Crippen molar-refractivity contribution in [2.75, 3.05) is 11.9 Å². The number of anilines is 1. The number of carbonyl (C=O) groups is 4. The van der Waals surface area contributed by atoms with Crippen molar-refractivity contribution in [3.05, 3.63) is 77.4 Å². The predicted molar refractivity (Wildman–Crippen MR) is 147 cm³/mol. The standard InChI is InChI=1S/C29H38N4O5/c1-8-15-33(27(36)22(17-23(30)34)31-28(37)38-29(5,6)7)25(21-14-9-11-18(2)16-21)26(35)32-24-19(3)12-10-13-20(24)4/h8-14,16,22,25H,1,15,17H2,2-7H3,(H2,30,34)(H,31,37)(H,32,35). The highest BCUT2D eigenvalue weighted by atomic mass is 16.6. The summed E-state index contributed by atoms with van der Waals surface area (Å²) in [4.78, 5) is 53.4. The normalized spacial score (nSPS) is 12.6. The molecule has 0 aliphatic rings. The highest BCUT2D eigenvalue weighted by Crippen LogP contribution is 2.27. The molecule has 2 aromatic carbocycles. The Bertz CT molecular complexity index is 1180. The van der Waals surface area contributed by atoms with Crippen LogP contribution in [0.15, 0.2) is 55.1 Å². The fourth-order valence-electron chi connectivity index (χ4n) is 4.03. The topological polar surface area (TPSA) is 131 Å². The molecular weight excluding hydrogens is 484 g/mol. The van der Waals surface area contributed by atoms with Crippen LogP contribution in [0.3, 0.4) is 0 Å². The van der Waals surface area contributed by atoms with E-state index in [1.54, 1.807) is 32.9 Å². The maximum absolute atomic E-state index is 13.9. The zero-order chi connectivity index (χ0) is 28.6. The summed E-state index contributed by atoms with van der Waals surface area (Å²) >= 11 is 0. The van der Waals surface area contributed by atoms with Gasteiger partial charge >= 0.3 is 6.09 Å². The molecule has 38 heavy (non-hydrogen) atoms. The van der Waals surface area contributed by atoms with Crippen LogP contribution in [0.5, 0.6) is 0 Å². The van der Waals surface area contributed by atoms with Crippen LogP contribution in [-0.4, -0.2) is 46.9 Å². The Labute approximate surface area is 224 Å². The van der Waals surface area contributed by atoms with Crippen LogP contribution >= 0.6 is 0 Å². The Kier molecular flexibility index (Phi) is 10.2. The van der Waals surface area contributed by atoms with E-state index >= 15 is 0 Å². The molecule has 0 aliphatic heterocycles. The molecule has 4 N–H and O–H groups in total. The molecular formula is C29H38N4O5. The largest absolute Gasteiger partial charge is 0.444 e. The van der Waals surface area contributed by atoms with Gasteiger partial charge in [-0.05, 0) is 58.2 Å². The lowest BCUT2D eigenvalue weighted by atomic mass is 9.99. The van der Waals surface area contributed by atoms with Crippen molar-refractivity contribution in [3.8, 4) is 0 Å². The SMILES string of the molecule is C=CCN(C(=O)C(CC(N)=O)NC(=O)OC(C)(C)C)C(C(=O)Nc1c(C)cccc1C)c1cccc(C)c1. The predicted octanol–water partition coefficient (Wildman–Crippen LogP) is 4.07. The highest BCUT2D eigenvalue weighted by Gasteiger charge is 2.36. The highest BCUT2D eigenvalue weighted by molar-refractivity contribution is 6.00. The van der Waals surface area contributed by atoms with Gasteiger partial charge in [0, 0.05) is 12.2 Å². The molecule has 0 aromatic heterocycles. The molecule has 0 radical (unpaired) electrons. The number of rotatable bonds is 10. The van der Waals surface area contributed by atoms with Gasteiger partial charge in [-0.25, -0.2) is 4.79 Å². The molecule has 0 heterocycles.